The van der Waals surface area contributed by atoms with Crippen LogP contribution >= 0.6 is 0 Å². The standard InChI is InChI=1S/C12H15FN2O3/c1-8-5-15(6-9(7-16)18-8)12(17)10-3-2-4-11(13)14-10/h2-4,8-9,16H,5-7H2,1H3. The molecule has 1 fully saturated rings. The fourth-order valence-corrected chi connectivity index (χ4v) is 2.00. The van der Waals surface area contributed by atoms with Gasteiger partial charge < -0.3 is 14.7 Å². The van der Waals surface area contributed by atoms with E-state index in [0.29, 0.717) is 6.54 Å². The van der Waals surface area contributed by atoms with Crippen molar-refractivity contribution in [3.05, 3.63) is 29.8 Å². The molecular weight excluding hydrogens is 239 g/mol. The quantitative estimate of drug-likeness (QED) is 0.778. The summed E-state index contributed by atoms with van der Waals surface area (Å²) in [6, 6.07) is 4.11. The number of ether oxygens (including phenoxy) is 1. The van der Waals surface area contributed by atoms with Crippen LogP contribution in [0.25, 0.3) is 0 Å². The molecule has 5 nitrogen and oxygen atoms in total. The molecule has 1 aliphatic heterocycles. The van der Waals surface area contributed by atoms with Crippen molar-refractivity contribution in [3.63, 3.8) is 0 Å². The lowest BCUT2D eigenvalue weighted by molar-refractivity contribution is -0.0859. The van der Waals surface area contributed by atoms with Gasteiger partial charge in [-0.3, -0.25) is 4.79 Å². The van der Waals surface area contributed by atoms with E-state index in [1.807, 2.05) is 6.92 Å². The number of nitrogens with zero attached hydrogens (tertiary/aromatic N) is 2. The first-order chi connectivity index (χ1) is 8.60. The van der Waals surface area contributed by atoms with E-state index in [2.05, 4.69) is 4.98 Å². The summed E-state index contributed by atoms with van der Waals surface area (Å²) in [6.45, 7) is 2.37. The summed E-state index contributed by atoms with van der Waals surface area (Å²) in [5, 5.41) is 9.08. The van der Waals surface area contributed by atoms with E-state index in [0.717, 1.165) is 0 Å². The van der Waals surface area contributed by atoms with Gasteiger partial charge in [-0.05, 0) is 19.1 Å². The molecule has 0 aromatic carbocycles. The minimum Gasteiger partial charge on any atom is -0.394 e. The van der Waals surface area contributed by atoms with Gasteiger partial charge in [-0.15, -0.1) is 0 Å². The van der Waals surface area contributed by atoms with Gasteiger partial charge in [-0.25, -0.2) is 4.98 Å². The van der Waals surface area contributed by atoms with Crippen LogP contribution in [-0.2, 0) is 4.74 Å². The van der Waals surface area contributed by atoms with Gasteiger partial charge in [0.25, 0.3) is 5.91 Å². The summed E-state index contributed by atoms with van der Waals surface area (Å²) >= 11 is 0. The average molecular weight is 254 g/mol. The number of hydrogen-bond acceptors (Lipinski definition) is 4. The zero-order valence-corrected chi connectivity index (χ0v) is 10.0. The van der Waals surface area contributed by atoms with E-state index in [-0.39, 0.29) is 30.9 Å². The Morgan fingerprint density at radius 3 is 3.06 bits per heavy atom. The minimum absolute atomic E-state index is 0.0702. The van der Waals surface area contributed by atoms with Crippen LogP contribution in [0.2, 0.25) is 0 Å². The highest BCUT2D eigenvalue weighted by Gasteiger charge is 2.29. The molecule has 2 unspecified atom stereocenters. The van der Waals surface area contributed by atoms with E-state index in [4.69, 9.17) is 9.84 Å². The van der Waals surface area contributed by atoms with Gasteiger partial charge in [0.2, 0.25) is 5.95 Å². The number of carbonyl (C=O) groups excluding carboxylic acids is 1. The van der Waals surface area contributed by atoms with E-state index < -0.39 is 12.1 Å². The zero-order chi connectivity index (χ0) is 13.1. The molecular formula is C12H15FN2O3. The highest BCUT2D eigenvalue weighted by molar-refractivity contribution is 5.92. The van der Waals surface area contributed by atoms with Gasteiger partial charge in [0.1, 0.15) is 5.69 Å². The van der Waals surface area contributed by atoms with Crippen molar-refractivity contribution in [2.45, 2.75) is 19.1 Å². The third-order valence-electron chi connectivity index (χ3n) is 2.75. The molecule has 1 amide bonds. The summed E-state index contributed by atoms with van der Waals surface area (Å²) in [5.41, 5.74) is 0.0702. The Morgan fingerprint density at radius 1 is 1.61 bits per heavy atom. The maximum atomic E-state index is 13.0. The minimum atomic E-state index is -0.680. The molecule has 0 bridgehead atoms. The van der Waals surface area contributed by atoms with Crippen LogP contribution in [0, 0.1) is 5.95 Å². The van der Waals surface area contributed by atoms with Crippen molar-refractivity contribution in [2.24, 2.45) is 0 Å². The van der Waals surface area contributed by atoms with Crippen LogP contribution in [0.5, 0.6) is 0 Å². The van der Waals surface area contributed by atoms with Gasteiger partial charge in [-0.1, -0.05) is 6.07 Å². The fourth-order valence-electron chi connectivity index (χ4n) is 2.00. The van der Waals surface area contributed by atoms with Crippen molar-refractivity contribution in [1.29, 1.82) is 0 Å². The van der Waals surface area contributed by atoms with Crippen molar-refractivity contribution in [3.8, 4) is 0 Å². The lowest BCUT2D eigenvalue weighted by Gasteiger charge is -2.35. The van der Waals surface area contributed by atoms with E-state index in [1.165, 1.54) is 23.1 Å². The Labute approximate surface area is 104 Å². The third-order valence-corrected chi connectivity index (χ3v) is 2.75. The second kappa shape index (κ2) is 5.41. The maximum Gasteiger partial charge on any atom is 0.272 e. The first kappa shape index (κ1) is 12.9. The molecule has 1 aliphatic rings. The van der Waals surface area contributed by atoms with Crippen LogP contribution in [-0.4, -0.2) is 52.8 Å². The number of amides is 1. The number of morpholine rings is 1. The van der Waals surface area contributed by atoms with Crippen LogP contribution in [0.3, 0.4) is 0 Å². The number of rotatable bonds is 2. The number of aromatic nitrogens is 1. The number of aliphatic hydroxyl groups is 1. The topological polar surface area (TPSA) is 62.7 Å². The predicted molar refractivity (Wildman–Crippen MR) is 61.5 cm³/mol. The predicted octanol–water partition coefficient (Wildman–Crippen LogP) is 0.443. The summed E-state index contributed by atoms with van der Waals surface area (Å²) in [6.07, 6.45) is -0.556. The van der Waals surface area contributed by atoms with Crippen LogP contribution in [0.4, 0.5) is 4.39 Å². The first-order valence-electron chi connectivity index (χ1n) is 5.78. The van der Waals surface area contributed by atoms with E-state index >= 15 is 0 Å². The second-order valence-corrected chi connectivity index (χ2v) is 4.31. The maximum absolute atomic E-state index is 13.0. The van der Waals surface area contributed by atoms with Crippen molar-refractivity contribution in [2.75, 3.05) is 19.7 Å². The Morgan fingerprint density at radius 2 is 2.39 bits per heavy atom. The van der Waals surface area contributed by atoms with Crippen molar-refractivity contribution >= 4 is 5.91 Å². The molecule has 1 aromatic rings. The van der Waals surface area contributed by atoms with Gasteiger partial charge in [-0.2, -0.15) is 4.39 Å². The normalized spacial score (nSPS) is 24.1. The van der Waals surface area contributed by atoms with Gasteiger partial charge in [0.05, 0.1) is 18.8 Å². The van der Waals surface area contributed by atoms with Crippen molar-refractivity contribution in [1.82, 2.24) is 9.88 Å². The summed E-state index contributed by atoms with van der Waals surface area (Å²) in [7, 11) is 0. The number of aliphatic hydroxyl groups excluding tert-OH is 1. The van der Waals surface area contributed by atoms with Crippen molar-refractivity contribution < 1.29 is 19.0 Å². The van der Waals surface area contributed by atoms with Crippen LogP contribution < -0.4 is 0 Å². The zero-order valence-electron chi connectivity index (χ0n) is 10.0. The molecule has 6 heteroatoms. The molecule has 2 atom stereocenters. The highest BCUT2D eigenvalue weighted by Crippen LogP contribution is 2.13. The van der Waals surface area contributed by atoms with Gasteiger partial charge in [0.15, 0.2) is 0 Å². The molecule has 98 valence electrons. The summed E-state index contributed by atoms with van der Waals surface area (Å²) in [4.78, 5) is 17.2. The molecule has 0 radical (unpaired) electrons. The SMILES string of the molecule is CC1CN(C(=O)c2cccc(F)n2)CC(CO)O1. The molecule has 1 aromatic heterocycles. The summed E-state index contributed by atoms with van der Waals surface area (Å²) in [5.74, 6) is -1.02. The molecule has 1 saturated heterocycles. The summed E-state index contributed by atoms with van der Waals surface area (Å²) < 4.78 is 18.4. The smallest absolute Gasteiger partial charge is 0.272 e. The second-order valence-electron chi connectivity index (χ2n) is 4.31. The molecule has 1 N–H and O–H groups in total. The molecule has 0 spiro atoms. The van der Waals surface area contributed by atoms with E-state index in [9.17, 15) is 9.18 Å². The van der Waals surface area contributed by atoms with Crippen LogP contribution in [0.15, 0.2) is 18.2 Å². The monoisotopic (exact) mass is 254 g/mol. The lowest BCUT2D eigenvalue weighted by Crippen LogP contribution is -2.50. The average Bonchev–Trinajstić information content (AvgIpc) is 2.37. The van der Waals surface area contributed by atoms with Crippen LogP contribution in [0.1, 0.15) is 17.4 Å². The lowest BCUT2D eigenvalue weighted by atomic mass is 10.2. The van der Waals surface area contributed by atoms with Gasteiger partial charge >= 0.3 is 0 Å². The Kier molecular flexibility index (Phi) is 3.88. The third kappa shape index (κ3) is 2.83. The van der Waals surface area contributed by atoms with Gasteiger partial charge in [0, 0.05) is 13.1 Å². The molecule has 0 saturated carbocycles. The molecule has 0 aliphatic carbocycles. The Bertz CT molecular complexity index is 441. The van der Waals surface area contributed by atoms with E-state index in [1.54, 1.807) is 0 Å². The molecule has 18 heavy (non-hydrogen) atoms. The first-order valence-corrected chi connectivity index (χ1v) is 5.78. The Hall–Kier alpha value is -1.53. The number of pyridine rings is 1. The fraction of sp³-hybridized carbons (Fsp3) is 0.500. The molecule has 2 heterocycles. The largest absolute Gasteiger partial charge is 0.394 e. The number of hydrogen-bond donors (Lipinski definition) is 1. The molecule has 2 rings (SSSR count). The Balaban J connectivity index is 2.13. The highest BCUT2D eigenvalue weighted by atomic mass is 19.1. The number of halogens is 1. The number of carbonyl (C=O) groups is 1.